The van der Waals surface area contributed by atoms with E-state index >= 15 is 0 Å². The number of ether oxygens (including phenoxy) is 1. The molecule has 2 heterocycles. The molecule has 0 N–H and O–H groups in total. The molecule has 5 heteroatoms. The zero-order chi connectivity index (χ0) is 21.9. The van der Waals surface area contributed by atoms with E-state index in [0.717, 1.165) is 41.3 Å². The molecule has 32 heavy (non-hydrogen) atoms. The number of nitrogens with zero attached hydrogens (tertiary/aromatic N) is 2. The standard InChI is InChI=1S/C27H22N2O2S/c1-31-25(30)16-15-24-28-26-20-11-5-7-13-22(20)32-23-14-8-6-12-21(23)27(26)29(24)18-17-19-9-3-2-4-10-19/h2-16H,17-18H2,1H3/b16-15+. The van der Waals surface area contributed by atoms with Gasteiger partial charge in [-0.2, -0.15) is 0 Å². The number of fused-ring (bicyclic) bond motifs is 5. The Morgan fingerprint density at radius 2 is 1.59 bits per heavy atom. The minimum absolute atomic E-state index is 0.394. The van der Waals surface area contributed by atoms with Crippen molar-refractivity contribution in [3.8, 4) is 22.5 Å². The van der Waals surface area contributed by atoms with Crippen molar-refractivity contribution < 1.29 is 9.53 Å². The molecule has 1 aromatic heterocycles. The van der Waals surface area contributed by atoms with E-state index in [1.54, 1.807) is 17.8 Å². The molecule has 5 rings (SSSR count). The van der Waals surface area contributed by atoms with Gasteiger partial charge in [-0.3, -0.25) is 0 Å². The Kier molecular flexibility index (Phi) is 5.65. The maximum Gasteiger partial charge on any atom is 0.330 e. The summed E-state index contributed by atoms with van der Waals surface area (Å²) in [5, 5.41) is 0. The normalized spacial score (nSPS) is 12.0. The van der Waals surface area contributed by atoms with E-state index < -0.39 is 5.97 Å². The van der Waals surface area contributed by atoms with Gasteiger partial charge >= 0.3 is 5.97 Å². The number of aromatic nitrogens is 2. The Balaban J connectivity index is 1.71. The number of rotatable bonds is 5. The Labute approximate surface area is 191 Å². The van der Waals surface area contributed by atoms with E-state index in [4.69, 9.17) is 9.72 Å². The average molecular weight is 439 g/mol. The maximum atomic E-state index is 11.8. The van der Waals surface area contributed by atoms with Gasteiger partial charge in [0, 0.05) is 33.5 Å². The molecule has 3 aromatic carbocycles. The third kappa shape index (κ3) is 3.87. The SMILES string of the molecule is COC(=O)/C=C/c1nc2c(n1CCc1ccccc1)-c1ccccc1Sc1ccccc1-2. The second kappa shape index (κ2) is 8.89. The number of esters is 1. The van der Waals surface area contributed by atoms with Gasteiger partial charge in [0.05, 0.1) is 18.5 Å². The highest BCUT2D eigenvalue weighted by Crippen LogP contribution is 2.47. The highest BCUT2D eigenvalue weighted by Gasteiger charge is 2.26. The smallest absolute Gasteiger partial charge is 0.330 e. The maximum absolute atomic E-state index is 11.8. The van der Waals surface area contributed by atoms with Crippen LogP contribution in [-0.4, -0.2) is 22.6 Å². The van der Waals surface area contributed by atoms with Crippen molar-refractivity contribution in [3.05, 3.63) is 96.3 Å². The lowest BCUT2D eigenvalue weighted by Gasteiger charge is -2.13. The molecule has 0 saturated heterocycles. The van der Waals surface area contributed by atoms with Crippen LogP contribution in [0.1, 0.15) is 11.4 Å². The summed E-state index contributed by atoms with van der Waals surface area (Å²) in [6.07, 6.45) is 4.05. The van der Waals surface area contributed by atoms with Gasteiger partial charge in [0.2, 0.25) is 0 Å². The fourth-order valence-corrected chi connectivity index (χ4v) is 5.08. The molecule has 0 bridgehead atoms. The molecule has 0 aliphatic carbocycles. The molecule has 0 fully saturated rings. The van der Waals surface area contributed by atoms with Crippen LogP contribution >= 0.6 is 11.8 Å². The van der Waals surface area contributed by atoms with Crippen molar-refractivity contribution in [2.75, 3.05) is 7.11 Å². The van der Waals surface area contributed by atoms with Crippen LogP contribution in [0.4, 0.5) is 0 Å². The van der Waals surface area contributed by atoms with E-state index in [-0.39, 0.29) is 0 Å². The largest absolute Gasteiger partial charge is 0.466 e. The fourth-order valence-electron chi connectivity index (χ4n) is 4.00. The van der Waals surface area contributed by atoms with Crippen LogP contribution in [0.25, 0.3) is 28.6 Å². The number of carbonyl (C=O) groups excluding carboxylic acids is 1. The van der Waals surface area contributed by atoms with Crippen LogP contribution in [0.5, 0.6) is 0 Å². The highest BCUT2D eigenvalue weighted by molar-refractivity contribution is 7.99. The van der Waals surface area contributed by atoms with Crippen LogP contribution in [0.15, 0.2) is 94.7 Å². The molecular formula is C27H22N2O2S. The average Bonchev–Trinajstić information content (AvgIpc) is 3.13. The fraction of sp³-hybridized carbons (Fsp3) is 0.111. The summed E-state index contributed by atoms with van der Waals surface area (Å²) < 4.78 is 7.04. The van der Waals surface area contributed by atoms with Crippen molar-refractivity contribution in [3.63, 3.8) is 0 Å². The van der Waals surface area contributed by atoms with Gasteiger partial charge in [-0.25, -0.2) is 9.78 Å². The minimum Gasteiger partial charge on any atom is -0.466 e. The van der Waals surface area contributed by atoms with Crippen molar-refractivity contribution in [2.45, 2.75) is 22.8 Å². The van der Waals surface area contributed by atoms with Crippen LogP contribution in [0.2, 0.25) is 0 Å². The van der Waals surface area contributed by atoms with Crippen LogP contribution < -0.4 is 0 Å². The number of imidazole rings is 1. The lowest BCUT2D eigenvalue weighted by Crippen LogP contribution is -2.06. The first-order valence-electron chi connectivity index (χ1n) is 10.5. The van der Waals surface area contributed by atoms with Gasteiger partial charge in [-0.1, -0.05) is 78.5 Å². The lowest BCUT2D eigenvalue weighted by molar-refractivity contribution is -0.134. The molecule has 0 saturated carbocycles. The van der Waals surface area contributed by atoms with Crippen LogP contribution in [-0.2, 0) is 22.5 Å². The number of hydrogen-bond donors (Lipinski definition) is 0. The molecule has 158 valence electrons. The summed E-state index contributed by atoms with van der Waals surface area (Å²) >= 11 is 1.77. The number of carbonyl (C=O) groups is 1. The number of methoxy groups -OCH3 is 1. The predicted octanol–water partition coefficient (Wildman–Crippen LogP) is 6.11. The van der Waals surface area contributed by atoms with Crippen molar-refractivity contribution >= 4 is 23.8 Å². The Morgan fingerprint density at radius 3 is 2.34 bits per heavy atom. The number of benzene rings is 3. The quantitative estimate of drug-likeness (QED) is 0.245. The minimum atomic E-state index is -0.394. The summed E-state index contributed by atoms with van der Waals surface area (Å²) in [5.41, 5.74) is 5.54. The molecule has 4 aromatic rings. The molecule has 0 amide bonds. The Hall–Kier alpha value is -3.57. The first-order chi connectivity index (χ1) is 15.7. The van der Waals surface area contributed by atoms with Gasteiger partial charge < -0.3 is 9.30 Å². The highest BCUT2D eigenvalue weighted by atomic mass is 32.2. The van der Waals surface area contributed by atoms with E-state index in [0.29, 0.717) is 0 Å². The molecular weight excluding hydrogens is 416 g/mol. The van der Waals surface area contributed by atoms with E-state index in [9.17, 15) is 4.79 Å². The summed E-state index contributed by atoms with van der Waals surface area (Å²) in [5.74, 6) is 0.349. The predicted molar refractivity (Wildman–Crippen MR) is 128 cm³/mol. The Morgan fingerprint density at radius 1 is 0.938 bits per heavy atom. The third-order valence-corrected chi connectivity index (χ3v) is 6.69. The van der Waals surface area contributed by atoms with Gasteiger partial charge in [-0.15, -0.1) is 0 Å². The Bertz CT molecular complexity index is 1310. The van der Waals surface area contributed by atoms with E-state index in [1.165, 1.54) is 28.5 Å². The van der Waals surface area contributed by atoms with Crippen molar-refractivity contribution in [1.82, 2.24) is 9.55 Å². The number of hydrogen-bond acceptors (Lipinski definition) is 4. The second-order valence-electron chi connectivity index (χ2n) is 7.51. The first-order valence-corrected chi connectivity index (χ1v) is 11.3. The van der Waals surface area contributed by atoms with Gasteiger partial charge in [-0.05, 0) is 30.2 Å². The van der Waals surface area contributed by atoms with Crippen molar-refractivity contribution in [2.24, 2.45) is 0 Å². The first kappa shape index (κ1) is 20.3. The summed E-state index contributed by atoms with van der Waals surface area (Å²) in [7, 11) is 1.38. The summed E-state index contributed by atoms with van der Waals surface area (Å²) in [6.45, 7) is 0.744. The third-order valence-electron chi connectivity index (χ3n) is 5.54. The molecule has 0 spiro atoms. The van der Waals surface area contributed by atoms with E-state index in [2.05, 4.69) is 71.3 Å². The van der Waals surface area contributed by atoms with Crippen molar-refractivity contribution in [1.29, 1.82) is 0 Å². The topological polar surface area (TPSA) is 44.1 Å². The summed E-state index contributed by atoms with van der Waals surface area (Å²) in [4.78, 5) is 19.2. The molecule has 0 atom stereocenters. The van der Waals surface area contributed by atoms with Gasteiger partial charge in [0.25, 0.3) is 0 Å². The zero-order valence-electron chi connectivity index (χ0n) is 17.7. The number of aryl methyl sites for hydroxylation is 1. The molecule has 1 aliphatic heterocycles. The van der Waals surface area contributed by atoms with E-state index in [1.807, 2.05) is 12.1 Å². The van der Waals surface area contributed by atoms with Crippen LogP contribution in [0, 0.1) is 0 Å². The second-order valence-corrected chi connectivity index (χ2v) is 8.59. The van der Waals surface area contributed by atoms with Gasteiger partial charge in [0.1, 0.15) is 5.82 Å². The molecule has 0 unspecified atom stereocenters. The summed E-state index contributed by atoms with van der Waals surface area (Å²) in [6, 6.07) is 27.2. The monoisotopic (exact) mass is 438 g/mol. The van der Waals surface area contributed by atoms with Gasteiger partial charge in [0.15, 0.2) is 0 Å². The lowest BCUT2D eigenvalue weighted by atomic mass is 10.0. The zero-order valence-corrected chi connectivity index (χ0v) is 18.5. The molecule has 1 aliphatic rings. The molecule has 4 nitrogen and oxygen atoms in total. The molecule has 0 radical (unpaired) electrons. The van der Waals surface area contributed by atoms with Crippen LogP contribution in [0.3, 0.4) is 0 Å².